The number of carbonyl (C=O) groups is 1. The Labute approximate surface area is 89.7 Å². The topological polar surface area (TPSA) is 63.3 Å². The maximum absolute atomic E-state index is 13.1. The van der Waals surface area contributed by atoms with Crippen molar-refractivity contribution in [1.82, 2.24) is 0 Å². The van der Waals surface area contributed by atoms with Gasteiger partial charge in [-0.3, -0.25) is 4.79 Å². The smallest absolute Gasteiger partial charge is 0.305 e. The number of carboxylic acid groups (broad SMARTS) is 1. The second-order valence-electron chi connectivity index (χ2n) is 3.29. The summed E-state index contributed by atoms with van der Waals surface area (Å²) in [5.74, 6) is -2.21. The van der Waals surface area contributed by atoms with Crippen molar-refractivity contribution in [2.45, 2.75) is 18.9 Å². The van der Waals surface area contributed by atoms with Crippen molar-refractivity contribution in [2.75, 3.05) is 0 Å². The van der Waals surface area contributed by atoms with Gasteiger partial charge in [0.15, 0.2) is 0 Å². The highest BCUT2D eigenvalue weighted by atomic mass is 19.3. The molecule has 0 aliphatic carbocycles. The number of benzene rings is 1. The van der Waals surface area contributed by atoms with Crippen molar-refractivity contribution >= 4 is 5.97 Å². The summed E-state index contributed by atoms with van der Waals surface area (Å²) < 4.78 is 37.5. The van der Waals surface area contributed by atoms with Crippen LogP contribution in [0.25, 0.3) is 0 Å². The molecule has 88 valence electrons. The quantitative estimate of drug-likeness (QED) is 0.838. The lowest BCUT2D eigenvalue weighted by molar-refractivity contribution is -0.137. The SMILES string of the molecule is N[C@H](CC(=O)O)c1ccc(C(F)F)c(F)c1. The van der Waals surface area contributed by atoms with Crippen molar-refractivity contribution in [1.29, 1.82) is 0 Å². The average Bonchev–Trinajstić information content (AvgIpc) is 2.15. The van der Waals surface area contributed by atoms with Crippen molar-refractivity contribution < 1.29 is 23.1 Å². The summed E-state index contributed by atoms with van der Waals surface area (Å²) in [6.07, 6.45) is -3.28. The summed E-state index contributed by atoms with van der Waals surface area (Å²) >= 11 is 0. The van der Waals surface area contributed by atoms with Crippen LogP contribution in [-0.4, -0.2) is 11.1 Å². The molecule has 3 nitrogen and oxygen atoms in total. The van der Waals surface area contributed by atoms with Gasteiger partial charge in [0.05, 0.1) is 12.0 Å². The summed E-state index contributed by atoms with van der Waals surface area (Å²) in [6, 6.07) is 2.06. The average molecular weight is 233 g/mol. The molecular formula is C10H10F3NO2. The maximum Gasteiger partial charge on any atom is 0.305 e. The van der Waals surface area contributed by atoms with E-state index in [9.17, 15) is 18.0 Å². The minimum absolute atomic E-state index is 0.185. The Hall–Kier alpha value is -1.56. The van der Waals surface area contributed by atoms with Gasteiger partial charge in [-0.25, -0.2) is 13.2 Å². The third-order valence-corrected chi connectivity index (χ3v) is 2.08. The van der Waals surface area contributed by atoms with Gasteiger partial charge in [0, 0.05) is 6.04 Å². The van der Waals surface area contributed by atoms with Crippen molar-refractivity contribution in [3.63, 3.8) is 0 Å². The standard InChI is InChI=1S/C10H10F3NO2/c11-7-3-5(8(14)4-9(15)16)1-2-6(7)10(12)13/h1-3,8,10H,4,14H2,(H,15,16)/t8-/m1/s1. The highest BCUT2D eigenvalue weighted by molar-refractivity contribution is 5.67. The van der Waals surface area contributed by atoms with E-state index in [1.54, 1.807) is 0 Å². The molecule has 1 rings (SSSR count). The van der Waals surface area contributed by atoms with Gasteiger partial charge < -0.3 is 10.8 Å². The monoisotopic (exact) mass is 233 g/mol. The minimum Gasteiger partial charge on any atom is -0.481 e. The van der Waals surface area contributed by atoms with Gasteiger partial charge in [0.1, 0.15) is 5.82 Å². The van der Waals surface area contributed by atoms with Gasteiger partial charge in [-0.1, -0.05) is 12.1 Å². The molecule has 1 aromatic rings. The first kappa shape index (κ1) is 12.5. The number of aliphatic carboxylic acids is 1. The van der Waals surface area contributed by atoms with E-state index in [4.69, 9.17) is 10.8 Å². The van der Waals surface area contributed by atoms with Crippen LogP contribution in [0.2, 0.25) is 0 Å². The fourth-order valence-corrected chi connectivity index (χ4v) is 1.26. The Morgan fingerprint density at radius 2 is 2.06 bits per heavy atom. The summed E-state index contributed by atoms with van der Waals surface area (Å²) in [4.78, 5) is 10.3. The number of rotatable bonds is 4. The predicted molar refractivity (Wildman–Crippen MR) is 50.5 cm³/mol. The predicted octanol–water partition coefficient (Wildman–Crippen LogP) is 2.24. The molecule has 0 unspecified atom stereocenters. The zero-order valence-electron chi connectivity index (χ0n) is 8.16. The first-order valence-corrected chi connectivity index (χ1v) is 4.46. The molecule has 0 fully saturated rings. The molecule has 16 heavy (non-hydrogen) atoms. The largest absolute Gasteiger partial charge is 0.481 e. The van der Waals surface area contributed by atoms with E-state index in [0.29, 0.717) is 0 Å². The fourth-order valence-electron chi connectivity index (χ4n) is 1.26. The first-order valence-electron chi connectivity index (χ1n) is 4.46. The van der Waals surface area contributed by atoms with E-state index >= 15 is 0 Å². The molecular weight excluding hydrogens is 223 g/mol. The summed E-state index contributed by atoms with van der Waals surface area (Å²) in [7, 11) is 0. The molecule has 0 bridgehead atoms. The molecule has 0 spiro atoms. The molecule has 1 atom stereocenters. The first-order chi connectivity index (χ1) is 7.41. The van der Waals surface area contributed by atoms with Gasteiger partial charge in [0.25, 0.3) is 6.43 Å². The molecule has 0 heterocycles. The van der Waals surface area contributed by atoms with E-state index < -0.39 is 29.8 Å². The number of hydrogen-bond donors (Lipinski definition) is 2. The van der Waals surface area contributed by atoms with Gasteiger partial charge in [-0.15, -0.1) is 0 Å². The number of hydrogen-bond acceptors (Lipinski definition) is 2. The molecule has 0 aliphatic heterocycles. The zero-order valence-corrected chi connectivity index (χ0v) is 8.16. The number of nitrogens with two attached hydrogens (primary N) is 1. The molecule has 0 aliphatic rings. The summed E-state index contributed by atoms with van der Waals surface area (Å²) in [5.41, 5.74) is 4.92. The molecule has 0 aromatic heterocycles. The van der Waals surface area contributed by atoms with Crippen LogP contribution in [-0.2, 0) is 4.79 Å². The lowest BCUT2D eigenvalue weighted by atomic mass is 10.0. The van der Waals surface area contributed by atoms with Crippen LogP contribution >= 0.6 is 0 Å². The highest BCUT2D eigenvalue weighted by Crippen LogP contribution is 2.25. The van der Waals surface area contributed by atoms with E-state index in [1.807, 2.05) is 0 Å². The minimum atomic E-state index is -2.90. The zero-order chi connectivity index (χ0) is 12.3. The van der Waals surface area contributed by atoms with E-state index in [2.05, 4.69) is 0 Å². The molecule has 1 aromatic carbocycles. The lowest BCUT2D eigenvalue weighted by Crippen LogP contribution is -2.15. The second-order valence-corrected chi connectivity index (χ2v) is 3.29. The van der Waals surface area contributed by atoms with Gasteiger partial charge in [-0.2, -0.15) is 0 Å². The van der Waals surface area contributed by atoms with Crippen LogP contribution in [0.15, 0.2) is 18.2 Å². The molecule has 0 radical (unpaired) electrons. The number of alkyl halides is 2. The molecule has 6 heteroatoms. The third-order valence-electron chi connectivity index (χ3n) is 2.08. The molecule has 0 saturated carbocycles. The van der Waals surface area contributed by atoms with Crippen molar-refractivity contribution in [3.05, 3.63) is 35.1 Å². The van der Waals surface area contributed by atoms with Crippen LogP contribution in [0.5, 0.6) is 0 Å². The van der Waals surface area contributed by atoms with E-state index in [0.717, 1.165) is 12.1 Å². The fraction of sp³-hybridized carbons (Fsp3) is 0.300. The number of halogens is 3. The molecule has 3 N–H and O–H groups in total. The maximum atomic E-state index is 13.1. The van der Waals surface area contributed by atoms with Crippen LogP contribution in [0, 0.1) is 5.82 Å². The normalized spacial score (nSPS) is 12.8. The third kappa shape index (κ3) is 2.96. The van der Waals surface area contributed by atoms with Crippen molar-refractivity contribution in [2.24, 2.45) is 5.73 Å². The Morgan fingerprint density at radius 3 is 2.50 bits per heavy atom. The number of carboxylic acids is 1. The molecule has 0 saturated heterocycles. The lowest BCUT2D eigenvalue weighted by Gasteiger charge is -2.10. The van der Waals surface area contributed by atoms with Crippen molar-refractivity contribution in [3.8, 4) is 0 Å². The Balaban J connectivity index is 2.92. The Morgan fingerprint density at radius 1 is 1.44 bits per heavy atom. The second kappa shape index (κ2) is 4.98. The van der Waals surface area contributed by atoms with Crippen LogP contribution in [0.3, 0.4) is 0 Å². The highest BCUT2D eigenvalue weighted by Gasteiger charge is 2.16. The van der Waals surface area contributed by atoms with Gasteiger partial charge >= 0.3 is 5.97 Å². The van der Waals surface area contributed by atoms with Crippen LogP contribution in [0.1, 0.15) is 30.0 Å². The Bertz CT molecular complexity index is 396. The Kier molecular flexibility index (Phi) is 3.89. The van der Waals surface area contributed by atoms with E-state index in [1.165, 1.54) is 6.07 Å². The van der Waals surface area contributed by atoms with Crippen LogP contribution < -0.4 is 5.73 Å². The van der Waals surface area contributed by atoms with Crippen LogP contribution in [0.4, 0.5) is 13.2 Å². The van der Waals surface area contributed by atoms with Gasteiger partial charge in [-0.05, 0) is 11.6 Å². The summed E-state index contributed by atoms with van der Waals surface area (Å²) in [6.45, 7) is 0. The molecule has 0 amide bonds. The van der Waals surface area contributed by atoms with Gasteiger partial charge in [0.2, 0.25) is 0 Å². The summed E-state index contributed by atoms with van der Waals surface area (Å²) in [5, 5.41) is 8.46. The van der Waals surface area contributed by atoms with E-state index in [-0.39, 0.29) is 12.0 Å².